The molecule has 0 amide bonds. The molecular weight excluding hydrogens is 462 g/mol. The number of anilines is 1. The number of rotatable bonds is 6. The van der Waals surface area contributed by atoms with Gasteiger partial charge in [0.05, 0.1) is 6.10 Å². The summed E-state index contributed by atoms with van der Waals surface area (Å²) in [7, 11) is 0. The first-order valence-electron chi connectivity index (χ1n) is 9.47. The average Bonchev–Trinajstić information content (AvgIpc) is 2.69. The van der Waals surface area contributed by atoms with Crippen molar-refractivity contribution in [2.24, 2.45) is 10.7 Å². The molecule has 1 aromatic carbocycles. The number of aliphatic imine (C=N–C) groups is 1. The second-order valence-electron chi connectivity index (χ2n) is 6.73. The van der Waals surface area contributed by atoms with Crippen LogP contribution >= 0.6 is 24.0 Å². The van der Waals surface area contributed by atoms with Crippen LogP contribution in [0, 0.1) is 5.82 Å². The maximum absolute atomic E-state index is 13.0. The zero-order valence-corrected chi connectivity index (χ0v) is 18.0. The highest BCUT2D eigenvalue weighted by Gasteiger charge is 2.18. The van der Waals surface area contributed by atoms with E-state index in [0.717, 1.165) is 70.9 Å². The second-order valence-corrected chi connectivity index (χ2v) is 6.73. The Bertz CT molecular complexity index is 574. The molecule has 1 aromatic rings. The Morgan fingerprint density at radius 2 is 1.81 bits per heavy atom. The van der Waals surface area contributed by atoms with Crippen molar-refractivity contribution in [2.45, 2.75) is 25.4 Å². The lowest BCUT2D eigenvalue weighted by Crippen LogP contribution is -2.51. The molecule has 2 N–H and O–H groups in total. The highest BCUT2D eigenvalue weighted by atomic mass is 127. The molecule has 3 rings (SSSR count). The number of ether oxygens (including phenoxy) is 2. The van der Waals surface area contributed by atoms with Crippen LogP contribution in [0.2, 0.25) is 0 Å². The summed E-state index contributed by atoms with van der Waals surface area (Å²) in [6, 6.07) is 6.64. The van der Waals surface area contributed by atoms with Crippen LogP contribution < -0.4 is 10.6 Å². The van der Waals surface area contributed by atoms with E-state index in [1.807, 2.05) is 12.1 Å². The fraction of sp³-hybridized carbons (Fsp3) is 0.632. The molecule has 2 aliphatic rings. The molecule has 0 unspecified atom stereocenters. The van der Waals surface area contributed by atoms with Crippen LogP contribution in [0.5, 0.6) is 0 Å². The van der Waals surface area contributed by atoms with E-state index in [2.05, 4.69) is 14.8 Å². The molecule has 0 aromatic heterocycles. The lowest BCUT2D eigenvalue weighted by Gasteiger charge is -2.36. The molecule has 0 radical (unpaired) electrons. The van der Waals surface area contributed by atoms with Gasteiger partial charge in [-0.1, -0.05) is 0 Å². The van der Waals surface area contributed by atoms with Crippen LogP contribution in [0.1, 0.15) is 19.3 Å². The molecule has 2 heterocycles. The Labute approximate surface area is 177 Å². The molecule has 0 atom stereocenters. The summed E-state index contributed by atoms with van der Waals surface area (Å²) in [6.45, 7) is 6.38. The third-order valence-corrected chi connectivity index (χ3v) is 4.89. The molecule has 27 heavy (non-hydrogen) atoms. The van der Waals surface area contributed by atoms with Gasteiger partial charge >= 0.3 is 0 Å². The van der Waals surface area contributed by atoms with Crippen molar-refractivity contribution in [1.82, 2.24) is 4.90 Å². The molecule has 152 valence electrons. The second kappa shape index (κ2) is 11.7. The van der Waals surface area contributed by atoms with E-state index in [0.29, 0.717) is 18.6 Å². The topological polar surface area (TPSA) is 63.3 Å². The van der Waals surface area contributed by atoms with E-state index in [4.69, 9.17) is 15.2 Å². The molecule has 2 fully saturated rings. The van der Waals surface area contributed by atoms with Gasteiger partial charge in [0.1, 0.15) is 5.82 Å². The van der Waals surface area contributed by atoms with Crippen molar-refractivity contribution >= 4 is 35.6 Å². The number of benzene rings is 1. The van der Waals surface area contributed by atoms with Gasteiger partial charge in [0.2, 0.25) is 0 Å². The summed E-state index contributed by atoms with van der Waals surface area (Å²) in [5, 5.41) is 0. The van der Waals surface area contributed by atoms with Crippen LogP contribution in [0.25, 0.3) is 0 Å². The number of hydrogen-bond acceptors (Lipinski definition) is 4. The van der Waals surface area contributed by atoms with E-state index in [-0.39, 0.29) is 29.8 Å². The molecule has 0 aliphatic carbocycles. The van der Waals surface area contributed by atoms with Gasteiger partial charge in [-0.3, -0.25) is 4.99 Å². The minimum absolute atomic E-state index is 0. The van der Waals surface area contributed by atoms with Crippen LogP contribution in [0.15, 0.2) is 29.3 Å². The zero-order chi connectivity index (χ0) is 18.2. The predicted molar refractivity (Wildman–Crippen MR) is 117 cm³/mol. The van der Waals surface area contributed by atoms with E-state index in [1.165, 1.54) is 12.1 Å². The summed E-state index contributed by atoms with van der Waals surface area (Å²) in [5.74, 6) is 0.402. The number of hydrogen-bond donors (Lipinski definition) is 1. The Hall–Kier alpha value is -1.13. The quantitative estimate of drug-likeness (QED) is 0.286. The van der Waals surface area contributed by atoms with Gasteiger partial charge in [-0.15, -0.1) is 24.0 Å². The minimum atomic E-state index is -0.204. The summed E-state index contributed by atoms with van der Waals surface area (Å²) >= 11 is 0. The van der Waals surface area contributed by atoms with Crippen molar-refractivity contribution in [1.29, 1.82) is 0 Å². The Morgan fingerprint density at radius 3 is 2.48 bits per heavy atom. The number of guanidine groups is 1. The fourth-order valence-corrected chi connectivity index (χ4v) is 3.30. The van der Waals surface area contributed by atoms with Crippen molar-refractivity contribution < 1.29 is 13.9 Å². The summed E-state index contributed by atoms with van der Waals surface area (Å²) < 4.78 is 24.2. The Kier molecular flexibility index (Phi) is 9.57. The van der Waals surface area contributed by atoms with Crippen LogP contribution in [0.3, 0.4) is 0 Å². The number of piperazine rings is 1. The van der Waals surface area contributed by atoms with E-state index in [1.54, 1.807) is 0 Å². The average molecular weight is 492 g/mol. The first kappa shape index (κ1) is 22.2. The smallest absolute Gasteiger partial charge is 0.191 e. The monoisotopic (exact) mass is 492 g/mol. The SMILES string of the molecule is I.NC(=NCCCOC1CCOCC1)N1CCN(c2ccc(F)cc2)CC1. The molecular formula is C19H30FIN4O2. The van der Waals surface area contributed by atoms with Crippen molar-refractivity contribution in [2.75, 3.05) is 57.4 Å². The first-order chi connectivity index (χ1) is 12.7. The van der Waals surface area contributed by atoms with Gasteiger partial charge in [0, 0.05) is 58.2 Å². The predicted octanol–water partition coefficient (Wildman–Crippen LogP) is 2.47. The van der Waals surface area contributed by atoms with Crippen LogP contribution in [-0.4, -0.2) is 69.5 Å². The largest absolute Gasteiger partial charge is 0.381 e. The highest BCUT2D eigenvalue weighted by Crippen LogP contribution is 2.16. The van der Waals surface area contributed by atoms with Crippen molar-refractivity contribution in [3.63, 3.8) is 0 Å². The molecule has 8 heteroatoms. The molecule has 0 saturated carbocycles. The lowest BCUT2D eigenvalue weighted by atomic mass is 10.1. The van der Waals surface area contributed by atoms with E-state index in [9.17, 15) is 4.39 Å². The van der Waals surface area contributed by atoms with Crippen molar-refractivity contribution in [3.8, 4) is 0 Å². The Morgan fingerprint density at radius 1 is 1.15 bits per heavy atom. The normalized spacial score (nSPS) is 19.1. The molecule has 0 bridgehead atoms. The number of nitrogens with zero attached hydrogens (tertiary/aromatic N) is 3. The number of halogens is 2. The zero-order valence-electron chi connectivity index (χ0n) is 15.7. The van der Waals surface area contributed by atoms with Gasteiger partial charge < -0.3 is 25.0 Å². The van der Waals surface area contributed by atoms with Crippen molar-refractivity contribution in [3.05, 3.63) is 30.1 Å². The lowest BCUT2D eigenvalue weighted by molar-refractivity contribution is -0.0318. The molecule has 6 nitrogen and oxygen atoms in total. The summed E-state index contributed by atoms with van der Waals surface area (Å²) in [6.07, 6.45) is 3.20. The summed E-state index contributed by atoms with van der Waals surface area (Å²) in [4.78, 5) is 8.84. The van der Waals surface area contributed by atoms with Gasteiger partial charge in [-0.25, -0.2) is 4.39 Å². The number of nitrogens with two attached hydrogens (primary N) is 1. The molecule has 2 saturated heterocycles. The summed E-state index contributed by atoms with van der Waals surface area (Å²) in [5.41, 5.74) is 7.18. The third-order valence-electron chi connectivity index (χ3n) is 4.89. The maximum atomic E-state index is 13.0. The van der Waals surface area contributed by atoms with Gasteiger partial charge in [0.15, 0.2) is 5.96 Å². The van der Waals surface area contributed by atoms with E-state index < -0.39 is 0 Å². The third kappa shape index (κ3) is 7.08. The van der Waals surface area contributed by atoms with E-state index >= 15 is 0 Å². The fourth-order valence-electron chi connectivity index (χ4n) is 3.30. The highest BCUT2D eigenvalue weighted by molar-refractivity contribution is 14.0. The van der Waals surface area contributed by atoms with Gasteiger partial charge in [0.25, 0.3) is 0 Å². The minimum Gasteiger partial charge on any atom is -0.381 e. The first-order valence-corrected chi connectivity index (χ1v) is 9.47. The van der Waals surface area contributed by atoms with Gasteiger partial charge in [-0.05, 0) is 43.5 Å². The molecule has 2 aliphatic heterocycles. The van der Waals surface area contributed by atoms with Crippen LogP contribution in [-0.2, 0) is 9.47 Å². The van der Waals surface area contributed by atoms with Crippen LogP contribution in [0.4, 0.5) is 10.1 Å². The standard InChI is InChI=1S/C19H29FN4O2.HI/c20-16-2-4-17(5-3-16)23-9-11-24(12-10-23)19(21)22-8-1-13-26-18-6-14-25-15-7-18;/h2-5,18H,1,6-15H2,(H2,21,22);1H. The van der Waals surface area contributed by atoms with Gasteiger partial charge in [-0.2, -0.15) is 0 Å². The molecule has 0 spiro atoms. The Balaban J connectivity index is 0.00000261. The maximum Gasteiger partial charge on any atom is 0.191 e.